The summed E-state index contributed by atoms with van der Waals surface area (Å²) >= 11 is 10.8. The first-order valence-corrected chi connectivity index (χ1v) is 5.39. The average Bonchev–Trinajstić information content (AvgIpc) is 2.33. The van der Waals surface area contributed by atoms with Gasteiger partial charge in [0.15, 0.2) is 0 Å². The van der Waals surface area contributed by atoms with E-state index in [1.54, 1.807) is 0 Å². The fourth-order valence-corrected chi connectivity index (χ4v) is 2.49. The Kier molecular flexibility index (Phi) is 2.88. The van der Waals surface area contributed by atoms with Crippen LogP contribution in [0.3, 0.4) is 0 Å². The molecule has 0 saturated carbocycles. The van der Waals surface area contributed by atoms with E-state index in [0.29, 0.717) is 0 Å². The highest BCUT2D eigenvalue weighted by Crippen LogP contribution is 2.37. The first-order chi connectivity index (χ1) is 5.47. The van der Waals surface area contributed by atoms with Gasteiger partial charge in [0.25, 0.3) is 0 Å². The van der Waals surface area contributed by atoms with Gasteiger partial charge in [0.1, 0.15) is 4.34 Å². The Bertz CT molecular complexity index is 313. The van der Waals surface area contributed by atoms with Crippen molar-refractivity contribution in [3.05, 3.63) is 19.8 Å². The maximum atomic E-state index is 5.90. The highest BCUT2D eigenvalue weighted by Gasteiger charge is 2.20. The molecule has 0 aliphatic carbocycles. The predicted molar refractivity (Wildman–Crippen MR) is 58.9 cm³/mol. The van der Waals surface area contributed by atoms with E-state index < -0.39 is 0 Å². The minimum Gasteiger partial charge on any atom is -0.126 e. The van der Waals surface area contributed by atoms with Gasteiger partial charge in [-0.15, -0.1) is 17.8 Å². The van der Waals surface area contributed by atoms with Crippen LogP contribution < -0.4 is 0 Å². The summed E-state index contributed by atoms with van der Waals surface area (Å²) in [5.74, 6) is 2.73. The summed E-state index contributed by atoms with van der Waals surface area (Å²) in [5.41, 5.74) is -0.222. The van der Waals surface area contributed by atoms with Crippen molar-refractivity contribution in [3.8, 4) is 12.3 Å². The van der Waals surface area contributed by atoms with Gasteiger partial charge in [0.2, 0.25) is 0 Å². The number of terminal acetylenes is 1. The van der Waals surface area contributed by atoms with E-state index in [1.165, 1.54) is 11.3 Å². The minimum absolute atomic E-state index is 0.222. The number of hydrogen-bond acceptors (Lipinski definition) is 1. The molecule has 1 aromatic rings. The van der Waals surface area contributed by atoms with E-state index in [0.717, 1.165) is 13.7 Å². The van der Waals surface area contributed by atoms with Crippen LogP contribution in [0, 0.1) is 12.3 Å². The summed E-state index contributed by atoms with van der Waals surface area (Å²) in [6, 6.07) is 1.98. The zero-order valence-corrected chi connectivity index (χ0v) is 9.98. The van der Waals surface area contributed by atoms with Crippen molar-refractivity contribution < 1.29 is 0 Å². The molecule has 0 saturated heterocycles. The van der Waals surface area contributed by atoms with E-state index in [4.69, 9.17) is 18.0 Å². The van der Waals surface area contributed by atoms with Crippen LogP contribution in [0.4, 0.5) is 0 Å². The third-order valence-electron chi connectivity index (χ3n) is 1.62. The summed E-state index contributed by atoms with van der Waals surface area (Å²) in [5, 5.41) is 0. The fourth-order valence-electron chi connectivity index (χ4n) is 0.726. The summed E-state index contributed by atoms with van der Waals surface area (Å²) in [4.78, 5) is 1.11. The van der Waals surface area contributed by atoms with Crippen molar-refractivity contribution in [1.82, 2.24) is 0 Å². The van der Waals surface area contributed by atoms with Gasteiger partial charge in [-0.3, -0.25) is 0 Å². The van der Waals surface area contributed by atoms with Gasteiger partial charge >= 0.3 is 0 Å². The lowest BCUT2D eigenvalue weighted by Crippen LogP contribution is -2.11. The topological polar surface area (TPSA) is 0 Å². The lowest BCUT2D eigenvalue weighted by Gasteiger charge is -2.13. The van der Waals surface area contributed by atoms with Crippen molar-refractivity contribution in [3.63, 3.8) is 0 Å². The number of halogens is 2. The SMILES string of the molecule is C#CC(C)(C)c1cc(Br)c(Cl)s1. The van der Waals surface area contributed by atoms with Gasteiger partial charge in [-0.05, 0) is 35.8 Å². The number of hydrogen-bond donors (Lipinski definition) is 0. The van der Waals surface area contributed by atoms with Gasteiger partial charge in [0.05, 0.1) is 5.41 Å². The monoisotopic (exact) mass is 262 g/mol. The van der Waals surface area contributed by atoms with Crippen LogP contribution in [0.1, 0.15) is 18.7 Å². The quantitative estimate of drug-likeness (QED) is 0.670. The van der Waals surface area contributed by atoms with Crippen LogP contribution in [-0.2, 0) is 5.41 Å². The van der Waals surface area contributed by atoms with Gasteiger partial charge in [0, 0.05) is 9.35 Å². The fraction of sp³-hybridized carbons (Fsp3) is 0.333. The molecule has 0 amide bonds. The van der Waals surface area contributed by atoms with Crippen LogP contribution >= 0.6 is 38.9 Å². The molecule has 0 spiro atoms. The Morgan fingerprint density at radius 1 is 1.67 bits per heavy atom. The normalized spacial score (nSPS) is 11.2. The lowest BCUT2D eigenvalue weighted by atomic mass is 9.93. The van der Waals surface area contributed by atoms with Crippen molar-refractivity contribution in [2.75, 3.05) is 0 Å². The van der Waals surface area contributed by atoms with Crippen LogP contribution in [0.2, 0.25) is 4.34 Å². The molecule has 1 heterocycles. The molecule has 64 valence electrons. The first-order valence-electron chi connectivity index (χ1n) is 3.40. The molecule has 12 heavy (non-hydrogen) atoms. The van der Waals surface area contributed by atoms with E-state index in [9.17, 15) is 0 Å². The van der Waals surface area contributed by atoms with Crippen molar-refractivity contribution in [1.29, 1.82) is 0 Å². The molecule has 0 fully saturated rings. The van der Waals surface area contributed by atoms with Crippen molar-refractivity contribution in [2.45, 2.75) is 19.3 Å². The molecule has 0 aromatic carbocycles. The zero-order chi connectivity index (χ0) is 9.35. The van der Waals surface area contributed by atoms with Gasteiger partial charge in [-0.2, -0.15) is 0 Å². The Balaban J connectivity index is 3.14. The van der Waals surface area contributed by atoms with E-state index in [2.05, 4.69) is 21.9 Å². The Hall–Kier alpha value is 0.0300. The first kappa shape index (κ1) is 10.1. The minimum atomic E-state index is -0.222. The summed E-state index contributed by atoms with van der Waals surface area (Å²) in [7, 11) is 0. The molecule has 0 atom stereocenters. The maximum Gasteiger partial charge on any atom is 0.107 e. The largest absolute Gasteiger partial charge is 0.126 e. The highest BCUT2D eigenvalue weighted by atomic mass is 79.9. The van der Waals surface area contributed by atoms with Crippen LogP contribution in [0.5, 0.6) is 0 Å². The van der Waals surface area contributed by atoms with Crippen LogP contribution in [0.15, 0.2) is 10.5 Å². The molecule has 3 heteroatoms. The second-order valence-corrected chi connectivity index (χ2v) is 5.51. The number of thiophene rings is 1. The van der Waals surface area contributed by atoms with Crippen molar-refractivity contribution in [2.24, 2.45) is 0 Å². The molecule has 0 bridgehead atoms. The Morgan fingerprint density at radius 3 is 2.58 bits per heavy atom. The summed E-state index contributed by atoms with van der Waals surface area (Å²) in [6.45, 7) is 4.00. The second-order valence-electron chi connectivity index (χ2n) is 3.00. The molecule has 0 nitrogen and oxygen atoms in total. The third-order valence-corrected chi connectivity index (χ3v) is 4.42. The van der Waals surface area contributed by atoms with E-state index >= 15 is 0 Å². The summed E-state index contributed by atoms with van der Waals surface area (Å²) < 4.78 is 1.68. The molecule has 0 unspecified atom stereocenters. The standard InChI is InChI=1S/C9H8BrClS/c1-4-9(2,3)7-5-6(10)8(11)12-7/h1,5H,2-3H3. The van der Waals surface area contributed by atoms with Crippen LogP contribution in [0.25, 0.3) is 0 Å². The van der Waals surface area contributed by atoms with E-state index in [-0.39, 0.29) is 5.41 Å². The van der Waals surface area contributed by atoms with Crippen molar-refractivity contribution >= 4 is 38.9 Å². The lowest BCUT2D eigenvalue weighted by molar-refractivity contribution is 0.716. The van der Waals surface area contributed by atoms with E-state index in [1.807, 2.05) is 19.9 Å². The second kappa shape index (κ2) is 3.41. The Labute approximate surface area is 90.1 Å². The van der Waals surface area contributed by atoms with Gasteiger partial charge in [-0.1, -0.05) is 17.5 Å². The predicted octanol–water partition coefficient (Wildman–Crippen LogP) is 4.07. The Morgan fingerprint density at radius 2 is 2.25 bits per heavy atom. The molecule has 0 radical (unpaired) electrons. The smallest absolute Gasteiger partial charge is 0.107 e. The molecule has 0 N–H and O–H groups in total. The summed E-state index contributed by atoms with van der Waals surface area (Å²) in [6.07, 6.45) is 5.40. The molecule has 1 aromatic heterocycles. The third kappa shape index (κ3) is 1.85. The van der Waals surface area contributed by atoms with Crippen LogP contribution in [-0.4, -0.2) is 0 Å². The average molecular weight is 264 g/mol. The van der Waals surface area contributed by atoms with Gasteiger partial charge < -0.3 is 0 Å². The maximum absolute atomic E-state index is 5.90. The molecule has 1 rings (SSSR count). The zero-order valence-electron chi connectivity index (χ0n) is 6.82. The molecular weight excluding hydrogens is 256 g/mol. The molecule has 0 aliphatic rings. The highest BCUT2D eigenvalue weighted by molar-refractivity contribution is 9.10. The molecule has 0 aliphatic heterocycles. The van der Waals surface area contributed by atoms with Gasteiger partial charge in [-0.25, -0.2) is 0 Å². The number of rotatable bonds is 1. The molecular formula is C9H8BrClS.